The molecular formula is C20H28N2O4. The van der Waals surface area contributed by atoms with E-state index in [2.05, 4.69) is 0 Å². The first-order valence-electron chi connectivity index (χ1n) is 8.68. The van der Waals surface area contributed by atoms with Crippen LogP contribution in [-0.2, 0) is 20.7 Å². The largest absolute Gasteiger partial charge is 0.459 e. The summed E-state index contributed by atoms with van der Waals surface area (Å²) in [5.74, 6) is -0.466. The molecule has 1 heterocycles. The second-order valence-electron chi connectivity index (χ2n) is 8.37. The SMILES string of the molecule is CC(C)(C)OC(=O)[C@H](N)Cc1cn(C(=O)OC(C)(C)C)c2ccccc12. The quantitative estimate of drug-likeness (QED) is 0.845. The minimum atomic E-state index is -0.813. The molecule has 0 saturated carbocycles. The Hall–Kier alpha value is -2.34. The maximum absolute atomic E-state index is 12.5. The van der Waals surface area contributed by atoms with Crippen LogP contribution in [-0.4, -0.2) is 33.9 Å². The van der Waals surface area contributed by atoms with Crippen molar-refractivity contribution in [2.45, 2.75) is 65.2 Å². The summed E-state index contributed by atoms with van der Waals surface area (Å²) >= 11 is 0. The maximum atomic E-state index is 12.5. The third-order valence-corrected chi connectivity index (χ3v) is 3.53. The summed E-state index contributed by atoms with van der Waals surface area (Å²) in [6.45, 7) is 10.8. The van der Waals surface area contributed by atoms with Gasteiger partial charge in [0.1, 0.15) is 17.2 Å². The number of fused-ring (bicyclic) bond motifs is 1. The standard InChI is InChI=1S/C20H28N2O4/c1-19(2,3)25-17(23)15(21)11-13-12-22(18(24)26-20(4,5)6)16-10-8-7-9-14(13)16/h7-10,12,15H,11,21H2,1-6H3/t15-/m1/s1. The Balaban J connectivity index is 2.31. The van der Waals surface area contributed by atoms with Crippen LogP contribution < -0.4 is 5.73 Å². The van der Waals surface area contributed by atoms with Crippen molar-refractivity contribution in [1.29, 1.82) is 0 Å². The molecular weight excluding hydrogens is 332 g/mol. The Morgan fingerprint density at radius 2 is 1.62 bits per heavy atom. The van der Waals surface area contributed by atoms with E-state index in [0.29, 0.717) is 5.52 Å². The molecule has 2 N–H and O–H groups in total. The average Bonchev–Trinajstić information content (AvgIpc) is 2.83. The zero-order valence-corrected chi connectivity index (χ0v) is 16.3. The van der Waals surface area contributed by atoms with E-state index >= 15 is 0 Å². The predicted octanol–water partition coefficient (Wildman–Crippen LogP) is 3.64. The lowest BCUT2D eigenvalue weighted by atomic mass is 10.1. The van der Waals surface area contributed by atoms with Gasteiger partial charge in [-0.2, -0.15) is 0 Å². The van der Waals surface area contributed by atoms with Gasteiger partial charge in [-0.15, -0.1) is 0 Å². The van der Waals surface area contributed by atoms with Gasteiger partial charge in [-0.25, -0.2) is 4.79 Å². The molecule has 1 aromatic heterocycles. The number of aromatic nitrogens is 1. The molecule has 0 spiro atoms. The first-order chi connectivity index (χ1) is 11.9. The van der Waals surface area contributed by atoms with Crippen molar-refractivity contribution in [2.75, 3.05) is 0 Å². The van der Waals surface area contributed by atoms with Gasteiger partial charge in [0, 0.05) is 18.0 Å². The van der Waals surface area contributed by atoms with Gasteiger partial charge in [0.2, 0.25) is 0 Å². The smallest absolute Gasteiger partial charge is 0.419 e. The Labute approximate surface area is 154 Å². The van der Waals surface area contributed by atoms with E-state index in [1.807, 2.05) is 45.0 Å². The summed E-state index contributed by atoms with van der Waals surface area (Å²) in [5.41, 5.74) is 6.35. The molecule has 0 amide bonds. The molecule has 6 heteroatoms. The lowest BCUT2D eigenvalue weighted by Crippen LogP contribution is -2.38. The highest BCUT2D eigenvalue weighted by atomic mass is 16.6. The number of para-hydroxylation sites is 1. The van der Waals surface area contributed by atoms with Crippen LogP contribution in [0.4, 0.5) is 4.79 Å². The van der Waals surface area contributed by atoms with Crippen molar-refractivity contribution in [2.24, 2.45) is 5.73 Å². The van der Waals surface area contributed by atoms with Gasteiger partial charge in [0.05, 0.1) is 5.52 Å². The molecule has 0 aliphatic heterocycles. The first-order valence-corrected chi connectivity index (χ1v) is 8.68. The van der Waals surface area contributed by atoms with Crippen LogP contribution in [0.25, 0.3) is 10.9 Å². The van der Waals surface area contributed by atoms with Crippen LogP contribution in [0.5, 0.6) is 0 Å². The molecule has 0 aliphatic carbocycles. The zero-order chi connectivity index (χ0) is 19.7. The third-order valence-electron chi connectivity index (χ3n) is 3.53. The minimum absolute atomic E-state index is 0.269. The van der Waals surface area contributed by atoms with Gasteiger partial charge >= 0.3 is 12.1 Å². The Morgan fingerprint density at radius 1 is 1.04 bits per heavy atom. The highest BCUT2D eigenvalue weighted by molar-refractivity contribution is 5.92. The number of carbonyl (C=O) groups is 2. The molecule has 0 unspecified atom stereocenters. The second-order valence-corrected chi connectivity index (χ2v) is 8.37. The molecule has 1 aromatic carbocycles. The highest BCUT2D eigenvalue weighted by Gasteiger charge is 2.25. The molecule has 2 aromatic rings. The van der Waals surface area contributed by atoms with Gasteiger partial charge < -0.3 is 15.2 Å². The monoisotopic (exact) mass is 360 g/mol. The van der Waals surface area contributed by atoms with Crippen LogP contribution >= 0.6 is 0 Å². The van der Waals surface area contributed by atoms with Crippen molar-refractivity contribution < 1.29 is 19.1 Å². The van der Waals surface area contributed by atoms with Gasteiger partial charge in [0.25, 0.3) is 0 Å². The van der Waals surface area contributed by atoms with Crippen molar-refractivity contribution >= 4 is 23.0 Å². The van der Waals surface area contributed by atoms with Gasteiger partial charge in [-0.05, 0) is 53.2 Å². The normalized spacial score (nSPS) is 13.5. The van der Waals surface area contributed by atoms with E-state index in [1.54, 1.807) is 27.0 Å². The van der Waals surface area contributed by atoms with Crippen LogP contribution in [0.2, 0.25) is 0 Å². The summed E-state index contributed by atoms with van der Waals surface area (Å²) < 4.78 is 12.3. The minimum Gasteiger partial charge on any atom is -0.459 e. The Bertz CT molecular complexity index is 809. The first kappa shape index (κ1) is 20.0. The van der Waals surface area contributed by atoms with Crippen LogP contribution in [0, 0.1) is 0 Å². The highest BCUT2D eigenvalue weighted by Crippen LogP contribution is 2.24. The molecule has 0 saturated heterocycles. The lowest BCUT2D eigenvalue weighted by Gasteiger charge is -2.22. The van der Waals surface area contributed by atoms with Gasteiger partial charge in [0.15, 0.2) is 0 Å². The van der Waals surface area contributed by atoms with E-state index in [9.17, 15) is 9.59 Å². The number of nitrogens with two attached hydrogens (primary N) is 1. The van der Waals surface area contributed by atoms with Crippen molar-refractivity contribution in [3.8, 4) is 0 Å². The fraction of sp³-hybridized carbons (Fsp3) is 0.500. The fourth-order valence-corrected chi connectivity index (χ4v) is 2.57. The van der Waals surface area contributed by atoms with E-state index in [0.717, 1.165) is 10.9 Å². The summed E-state index contributed by atoms with van der Waals surface area (Å²) in [5, 5.41) is 0.859. The molecule has 0 bridgehead atoms. The maximum Gasteiger partial charge on any atom is 0.419 e. The van der Waals surface area contributed by atoms with E-state index < -0.39 is 29.3 Å². The summed E-state index contributed by atoms with van der Waals surface area (Å²) in [7, 11) is 0. The molecule has 2 rings (SSSR count). The number of rotatable bonds is 3. The van der Waals surface area contributed by atoms with Crippen molar-refractivity contribution in [1.82, 2.24) is 4.57 Å². The lowest BCUT2D eigenvalue weighted by molar-refractivity contribution is -0.156. The number of carbonyl (C=O) groups excluding carboxylic acids is 2. The third kappa shape index (κ3) is 5.08. The summed E-state index contributed by atoms with van der Waals surface area (Å²) in [4.78, 5) is 24.7. The molecule has 0 aliphatic rings. The number of nitrogens with zero attached hydrogens (tertiary/aromatic N) is 1. The number of hydrogen-bond donors (Lipinski definition) is 1. The van der Waals surface area contributed by atoms with Gasteiger partial charge in [-0.1, -0.05) is 18.2 Å². The molecule has 6 nitrogen and oxygen atoms in total. The molecule has 1 atom stereocenters. The van der Waals surface area contributed by atoms with E-state index in [4.69, 9.17) is 15.2 Å². The van der Waals surface area contributed by atoms with Crippen LogP contribution in [0.15, 0.2) is 30.5 Å². The molecule has 0 fully saturated rings. The predicted molar refractivity (Wildman–Crippen MR) is 101 cm³/mol. The summed E-state index contributed by atoms with van der Waals surface area (Å²) in [6.07, 6.45) is 1.49. The number of benzene rings is 1. The topological polar surface area (TPSA) is 83.5 Å². The molecule has 0 radical (unpaired) electrons. The van der Waals surface area contributed by atoms with Crippen LogP contribution in [0.1, 0.15) is 47.1 Å². The number of esters is 1. The fourth-order valence-electron chi connectivity index (χ4n) is 2.57. The average molecular weight is 360 g/mol. The second kappa shape index (κ2) is 7.11. The zero-order valence-electron chi connectivity index (χ0n) is 16.3. The molecule has 26 heavy (non-hydrogen) atoms. The van der Waals surface area contributed by atoms with E-state index in [-0.39, 0.29) is 6.42 Å². The van der Waals surface area contributed by atoms with E-state index in [1.165, 1.54) is 4.57 Å². The number of hydrogen-bond acceptors (Lipinski definition) is 5. The van der Waals surface area contributed by atoms with Crippen LogP contribution in [0.3, 0.4) is 0 Å². The molecule has 142 valence electrons. The number of ether oxygens (including phenoxy) is 2. The summed E-state index contributed by atoms with van der Waals surface area (Å²) in [6, 6.07) is 6.65. The Morgan fingerprint density at radius 3 is 2.19 bits per heavy atom. The van der Waals surface area contributed by atoms with Gasteiger partial charge in [-0.3, -0.25) is 9.36 Å². The van der Waals surface area contributed by atoms with Crippen molar-refractivity contribution in [3.63, 3.8) is 0 Å². The van der Waals surface area contributed by atoms with Crippen molar-refractivity contribution in [3.05, 3.63) is 36.0 Å². The Kier molecular flexibility index (Phi) is 5.47.